The zero-order chi connectivity index (χ0) is 16.1. The topological polar surface area (TPSA) is 69.6 Å². The molecule has 0 aromatic heterocycles. The Labute approximate surface area is 131 Å². The molecule has 1 aliphatic carbocycles. The van der Waals surface area contributed by atoms with Crippen LogP contribution in [0.5, 0.6) is 0 Å². The van der Waals surface area contributed by atoms with E-state index >= 15 is 0 Å². The molecule has 2 atom stereocenters. The van der Waals surface area contributed by atoms with E-state index in [1.54, 1.807) is 11.8 Å². The van der Waals surface area contributed by atoms with Crippen LogP contribution in [-0.2, 0) is 16.1 Å². The van der Waals surface area contributed by atoms with Gasteiger partial charge in [-0.05, 0) is 31.2 Å². The van der Waals surface area contributed by atoms with Crippen molar-refractivity contribution in [3.63, 3.8) is 0 Å². The summed E-state index contributed by atoms with van der Waals surface area (Å²) in [6, 6.07) is 8.95. The van der Waals surface area contributed by atoms with Gasteiger partial charge in [-0.15, -0.1) is 0 Å². The average molecular weight is 304 g/mol. The van der Waals surface area contributed by atoms with Gasteiger partial charge in [0, 0.05) is 13.5 Å². The number of amides is 2. The highest BCUT2D eigenvalue weighted by Crippen LogP contribution is 2.36. The number of nitrogens with zero attached hydrogens (tertiary/aromatic N) is 1. The molecule has 1 fully saturated rings. The number of carbonyl (C=O) groups is 2. The Morgan fingerprint density at radius 1 is 1.32 bits per heavy atom. The summed E-state index contributed by atoms with van der Waals surface area (Å²) in [7, 11) is 0. The first-order chi connectivity index (χ1) is 10.5. The van der Waals surface area contributed by atoms with E-state index in [9.17, 15) is 14.7 Å². The first-order valence-corrected chi connectivity index (χ1v) is 7.75. The van der Waals surface area contributed by atoms with Crippen molar-refractivity contribution in [3.05, 3.63) is 35.9 Å². The maximum atomic E-state index is 12.7. The Balaban J connectivity index is 2.16. The van der Waals surface area contributed by atoms with Gasteiger partial charge in [0.2, 0.25) is 11.8 Å². The maximum absolute atomic E-state index is 12.7. The molecular formula is C17H24N2O3. The number of aliphatic hydroxyl groups excluding tert-OH is 1. The number of hydrogen-bond donors (Lipinski definition) is 2. The van der Waals surface area contributed by atoms with Crippen molar-refractivity contribution in [1.29, 1.82) is 0 Å². The summed E-state index contributed by atoms with van der Waals surface area (Å²) < 4.78 is 0. The van der Waals surface area contributed by atoms with Crippen molar-refractivity contribution < 1.29 is 14.7 Å². The lowest BCUT2D eigenvalue weighted by Gasteiger charge is -2.33. The van der Waals surface area contributed by atoms with Crippen LogP contribution in [0.2, 0.25) is 0 Å². The Morgan fingerprint density at radius 3 is 2.45 bits per heavy atom. The van der Waals surface area contributed by atoms with Gasteiger partial charge >= 0.3 is 0 Å². The van der Waals surface area contributed by atoms with Gasteiger partial charge in [-0.1, -0.05) is 30.3 Å². The molecule has 22 heavy (non-hydrogen) atoms. The SMILES string of the molecule is CC(=O)NC(C)C(=O)N(Cc1ccccc1)C(CO)C1CC1. The summed E-state index contributed by atoms with van der Waals surface area (Å²) in [6.07, 6.45) is 2.08. The van der Waals surface area contributed by atoms with Gasteiger partial charge in [-0.25, -0.2) is 0 Å². The molecule has 0 spiro atoms. The number of carbonyl (C=O) groups excluding carboxylic acids is 2. The maximum Gasteiger partial charge on any atom is 0.245 e. The molecule has 2 unspecified atom stereocenters. The van der Waals surface area contributed by atoms with Crippen molar-refractivity contribution >= 4 is 11.8 Å². The molecule has 1 aromatic carbocycles. The highest BCUT2D eigenvalue weighted by atomic mass is 16.3. The Morgan fingerprint density at radius 2 is 1.95 bits per heavy atom. The van der Waals surface area contributed by atoms with Crippen LogP contribution < -0.4 is 5.32 Å². The predicted octanol–water partition coefficient (Wildman–Crippen LogP) is 1.31. The van der Waals surface area contributed by atoms with E-state index in [2.05, 4.69) is 5.32 Å². The fourth-order valence-electron chi connectivity index (χ4n) is 2.74. The lowest BCUT2D eigenvalue weighted by atomic mass is 10.1. The minimum Gasteiger partial charge on any atom is -0.394 e. The zero-order valence-electron chi connectivity index (χ0n) is 13.2. The average Bonchev–Trinajstić information content (AvgIpc) is 3.31. The largest absolute Gasteiger partial charge is 0.394 e. The van der Waals surface area contributed by atoms with Crippen LogP contribution >= 0.6 is 0 Å². The monoisotopic (exact) mass is 304 g/mol. The fourth-order valence-corrected chi connectivity index (χ4v) is 2.74. The first kappa shape index (κ1) is 16.5. The van der Waals surface area contributed by atoms with Gasteiger partial charge in [-0.3, -0.25) is 9.59 Å². The van der Waals surface area contributed by atoms with Crippen molar-refractivity contribution in [2.45, 2.75) is 45.3 Å². The molecule has 1 aliphatic rings. The van der Waals surface area contributed by atoms with Crippen LogP contribution in [0.1, 0.15) is 32.3 Å². The lowest BCUT2D eigenvalue weighted by Crippen LogP contribution is -2.51. The minimum atomic E-state index is -0.589. The molecule has 0 heterocycles. The number of benzene rings is 1. The van der Waals surface area contributed by atoms with Crippen LogP contribution in [-0.4, -0.2) is 40.5 Å². The molecule has 2 N–H and O–H groups in total. The molecule has 2 amide bonds. The van der Waals surface area contributed by atoms with Crippen molar-refractivity contribution in [2.75, 3.05) is 6.61 Å². The minimum absolute atomic E-state index is 0.0456. The highest BCUT2D eigenvalue weighted by molar-refractivity contribution is 5.86. The summed E-state index contributed by atoms with van der Waals surface area (Å²) in [5, 5.41) is 12.4. The van der Waals surface area contributed by atoms with E-state index in [1.165, 1.54) is 6.92 Å². The predicted molar refractivity (Wildman–Crippen MR) is 83.9 cm³/mol. The number of aliphatic hydroxyl groups is 1. The molecule has 0 aliphatic heterocycles. The van der Waals surface area contributed by atoms with Gasteiger partial charge < -0.3 is 15.3 Å². The van der Waals surface area contributed by atoms with E-state index in [4.69, 9.17) is 0 Å². The zero-order valence-corrected chi connectivity index (χ0v) is 13.2. The van der Waals surface area contributed by atoms with Crippen LogP contribution in [0.25, 0.3) is 0 Å². The van der Waals surface area contributed by atoms with Gasteiger partial charge in [0.15, 0.2) is 0 Å². The van der Waals surface area contributed by atoms with E-state index in [0.29, 0.717) is 12.5 Å². The van der Waals surface area contributed by atoms with Gasteiger partial charge in [0.05, 0.1) is 12.6 Å². The number of rotatable bonds is 7. The van der Waals surface area contributed by atoms with Gasteiger partial charge in [0.1, 0.15) is 6.04 Å². The summed E-state index contributed by atoms with van der Waals surface area (Å²) in [4.78, 5) is 25.6. The summed E-state index contributed by atoms with van der Waals surface area (Å²) in [5.41, 5.74) is 1.02. The Bertz CT molecular complexity index is 514. The van der Waals surface area contributed by atoms with E-state index in [0.717, 1.165) is 18.4 Å². The summed E-state index contributed by atoms with van der Waals surface area (Å²) in [6.45, 7) is 3.49. The third kappa shape index (κ3) is 4.31. The standard InChI is InChI=1S/C17H24N2O3/c1-12(18-13(2)21)17(22)19(16(11-20)15-8-9-15)10-14-6-4-3-5-7-14/h3-7,12,15-16,20H,8-11H2,1-2H3,(H,18,21). The number of nitrogens with one attached hydrogen (secondary N) is 1. The second-order valence-electron chi connectivity index (χ2n) is 5.96. The third-order valence-corrected chi connectivity index (χ3v) is 4.02. The molecule has 0 bridgehead atoms. The molecule has 0 saturated heterocycles. The Hall–Kier alpha value is -1.88. The number of hydrogen-bond acceptors (Lipinski definition) is 3. The van der Waals surface area contributed by atoms with Crippen LogP contribution in [0, 0.1) is 5.92 Å². The molecular weight excluding hydrogens is 280 g/mol. The molecule has 2 rings (SSSR count). The second kappa shape index (κ2) is 7.40. The summed E-state index contributed by atoms with van der Waals surface area (Å²) in [5.74, 6) is -0.0142. The molecule has 0 radical (unpaired) electrons. The van der Waals surface area contributed by atoms with Gasteiger partial charge in [0.25, 0.3) is 0 Å². The quantitative estimate of drug-likeness (QED) is 0.798. The fraction of sp³-hybridized carbons (Fsp3) is 0.529. The molecule has 1 aromatic rings. The Kier molecular flexibility index (Phi) is 5.55. The first-order valence-electron chi connectivity index (χ1n) is 7.75. The van der Waals surface area contributed by atoms with E-state index in [1.807, 2.05) is 30.3 Å². The van der Waals surface area contributed by atoms with Crippen molar-refractivity contribution in [3.8, 4) is 0 Å². The highest BCUT2D eigenvalue weighted by Gasteiger charge is 2.38. The third-order valence-electron chi connectivity index (χ3n) is 4.02. The smallest absolute Gasteiger partial charge is 0.245 e. The molecule has 1 saturated carbocycles. The van der Waals surface area contributed by atoms with Crippen LogP contribution in [0.4, 0.5) is 0 Å². The van der Waals surface area contributed by atoms with Crippen LogP contribution in [0.3, 0.4) is 0 Å². The summed E-state index contributed by atoms with van der Waals surface area (Å²) >= 11 is 0. The lowest BCUT2D eigenvalue weighted by molar-refractivity contribution is -0.139. The van der Waals surface area contributed by atoms with Gasteiger partial charge in [-0.2, -0.15) is 0 Å². The van der Waals surface area contributed by atoms with Crippen LogP contribution in [0.15, 0.2) is 30.3 Å². The normalized spacial score (nSPS) is 16.7. The molecule has 5 heteroatoms. The molecule has 120 valence electrons. The van der Waals surface area contributed by atoms with E-state index in [-0.39, 0.29) is 24.5 Å². The van der Waals surface area contributed by atoms with Crippen molar-refractivity contribution in [2.24, 2.45) is 5.92 Å². The van der Waals surface area contributed by atoms with E-state index < -0.39 is 6.04 Å². The molecule has 5 nitrogen and oxygen atoms in total. The second-order valence-corrected chi connectivity index (χ2v) is 5.96. The van der Waals surface area contributed by atoms with Crippen molar-refractivity contribution in [1.82, 2.24) is 10.2 Å².